The smallest absolute Gasteiger partial charge is 0.411 e. The zero-order chi connectivity index (χ0) is 27.2. The number of carboxylic acid groups (broad SMARTS) is 1. The van der Waals surface area contributed by atoms with Crippen LogP contribution in [0.25, 0.3) is 0 Å². The van der Waals surface area contributed by atoms with Crippen LogP contribution in [0.2, 0.25) is 0 Å². The fourth-order valence-corrected chi connectivity index (χ4v) is 5.18. The van der Waals surface area contributed by atoms with Gasteiger partial charge in [-0.1, -0.05) is 63.7 Å². The Kier molecular flexibility index (Phi) is 13.6. The van der Waals surface area contributed by atoms with Gasteiger partial charge < -0.3 is 14.6 Å². The Morgan fingerprint density at radius 3 is 2.11 bits per heavy atom. The minimum Gasteiger partial charge on any atom is -0.466 e. The van der Waals surface area contributed by atoms with Crippen LogP contribution in [-0.2, 0) is 24.8 Å². The molecule has 1 atom stereocenters. The molecule has 1 N–H and O–H groups in total. The summed E-state index contributed by atoms with van der Waals surface area (Å²) in [6, 6.07) is 3.55. The van der Waals surface area contributed by atoms with Crippen molar-refractivity contribution in [2.45, 2.75) is 117 Å². The number of unbranched alkanes of at least 4 members (excludes halogenated alkanes) is 8. The van der Waals surface area contributed by atoms with Crippen molar-refractivity contribution in [3.63, 3.8) is 0 Å². The molecular formula is C28H43NO6S. The second-order valence-electron chi connectivity index (χ2n) is 9.95. The SMILES string of the molecule is CCCCCCCCCCC#Cc1ccc(C(CCOC(C)=O)(OC(C)=O)N(C(=O)O)C(C)(C)C)s1. The van der Waals surface area contributed by atoms with Crippen LogP contribution in [0, 0.1) is 11.8 Å². The quantitative estimate of drug-likeness (QED) is 0.122. The van der Waals surface area contributed by atoms with Gasteiger partial charge in [0.1, 0.15) is 0 Å². The van der Waals surface area contributed by atoms with Crippen molar-refractivity contribution < 1.29 is 29.0 Å². The Balaban J connectivity index is 3.08. The predicted molar refractivity (Wildman–Crippen MR) is 143 cm³/mol. The van der Waals surface area contributed by atoms with E-state index < -0.39 is 29.3 Å². The molecular weight excluding hydrogens is 478 g/mol. The molecule has 0 spiro atoms. The van der Waals surface area contributed by atoms with E-state index in [0.29, 0.717) is 4.88 Å². The third-order valence-electron chi connectivity index (χ3n) is 5.64. The molecule has 1 rings (SSSR count). The van der Waals surface area contributed by atoms with Crippen LogP contribution in [-0.4, -0.2) is 40.2 Å². The van der Waals surface area contributed by atoms with Gasteiger partial charge in [0.05, 0.1) is 16.4 Å². The lowest BCUT2D eigenvalue weighted by molar-refractivity contribution is -0.196. The van der Waals surface area contributed by atoms with Crippen molar-refractivity contribution in [2.75, 3.05) is 6.61 Å². The summed E-state index contributed by atoms with van der Waals surface area (Å²) in [7, 11) is 0. The minimum absolute atomic E-state index is 0.0403. The van der Waals surface area contributed by atoms with E-state index in [4.69, 9.17) is 9.47 Å². The number of hydrogen-bond acceptors (Lipinski definition) is 6. The second-order valence-corrected chi connectivity index (χ2v) is 11.0. The summed E-state index contributed by atoms with van der Waals surface area (Å²) in [6.45, 7) is 9.80. The first kappa shape index (κ1) is 31.5. The lowest BCUT2D eigenvalue weighted by Crippen LogP contribution is -2.59. The van der Waals surface area contributed by atoms with Gasteiger partial charge in [-0.2, -0.15) is 0 Å². The molecule has 1 unspecified atom stereocenters. The minimum atomic E-state index is -1.66. The van der Waals surface area contributed by atoms with Gasteiger partial charge in [0, 0.05) is 32.2 Å². The van der Waals surface area contributed by atoms with E-state index in [1.807, 2.05) is 6.07 Å². The third-order valence-corrected chi connectivity index (χ3v) is 6.77. The van der Waals surface area contributed by atoms with Crippen LogP contribution < -0.4 is 0 Å². The Hall–Kier alpha value is -2.53. The number of nitrogens with zero attached hydrogens (tertiary/aromatic N) is 1. The van der Waals surface area contributed by atoms with Crippen LogP contribution >= 0.6 is 11.3 Å². The van der Waals surface area contributed by atoms with Crippen molar-refractivity contribution in [1.29, 1.82) is 0 Å². The summed E-state index contributed by atoms with van der Waals surface area (Å²) in [5.41, 5.74) is -2.57. The van der Waals surface area contributed by atoms with E-state index >= 15 is 0 Å². The zero-order valence-electron chi connectivity index (χ0n) is 22.8. The van der Waals surface area contributed by atoms with Crippen molar-refractivity contribution in [3.8, 4) is 11.8 Å². The van der Waals surface area contributed by atoms with E-state index in [2.05, 4.69) is 18.8 Å². The number of thiophene rings is 1. The standard InChI is InChI=1S/C28H43NO6S/c1-7-8-9-10-11-12-13-14-15-16-17-24-18-19-25(36-24)28(35-23(3)31,20-21-34-22(2)30)29(26(32)33)27(4,5)6/h18-19H,7-15,20-21H2,1-6H3,(H,32,33). The summed E-state index contributed by atoms with van der Waals surface area (Å²) in [4.78, 5) is 38.4. The van der Waals surface area contributed by atoms with Gasteiger partial charge >= 0.3 is 18.0 Å². The van der Waals surface area contributed by atoms with Gasteiger partial charge in [0.15, 0.2) is 0 Å². The maximum atomic E-state index is 12.4. The van der Waals surface area contributed by atoms with Gasteiger partial charge in [-0.05, 0) is 39.3 Å². The van der Waals surface area contributed by atoms with Crippen LogP contribution in [0.15, 0.2) is 12.1 Å². The van der Waals surface area contributed by atoms with Crippen LogP contribution in [0.5, 0.6) is 0 Å². The summed E-state index contributed by atoms with van der Waals surface area (Å²) < 4.78 is 10.9. The molecule has 0 aliphatic heterocycles. The first-order chi connectivity index (χ1) is 16.9. The molecule has 0 radical (unpaired) electrons. The number of carbonyl (C=O) groups excluding carboxylic acids is 2. The topological polar surface area (TPSA) is 93.1 Å². The zero-order valence-corrected chi connectivity index (χ0v) is 23.6. The van der Waals surface area contributed by atoms with Crippen molar-refractivity contribution in [2.24, 2.45) is 0 Å². The average molecular weight is 522 g/mol. The maximum Gasteiger partial charge on any atom is 0.411 e. The van der Waals surface area contributed by atoms with Gasteiger partial charge in [0.25, 0.3) is 0 Å². The van der Waals surface area contributed by atoms with Gasteiger partial charge in [-0.25, -0.2) is 4.79 Å². The highest BCUT2D eigenvalue weighted by Gasteiger charge is 2.50. The van der Waals surface area contributed by atoms with Crippen LogP contribution in [0.4, 0.5) is 4.79 Å². The number of amides is 1. The molecule has 0 bridgehead atoms. The van der Waals surface area contributed by atoms with Crippen LogP contribution in [0.1, 0.15) is 116 Å². The third kappa shape index (κ3) is 10.6. The number of ether oxygens (including phenoxy) is 2. The molecule has 8 heteroatoms. The molecule has 7 nitrogen and oxygen atoms in total. The van der Waals surface area contributed by atoms with E-state index in [9.17, 15) is 19.5 Å². The molecule has 0 aliphatic rings. The van der Waals surface area contributed by atoms with Crippen molar-refractivity contribution in [3.05, 3.63) is 21.9 Å². The molecule has 0 saturated heterocycles. The average Bonchev–Trinajstić information content (AvgIpc) is 3.22. The van der Waals surface area contributed by atoms with Gasteiger partial charge in [-0.15, -0.1) is 11.3 Å². The second kappa shape index (κ2) is 15.6. The van der Waals surface area contributed by atoms with E-state index in [1.165, 1.54) is 70.1 Å². The number of rotatable bonds is 14. The van der Waals surface area contributed by atoms with E-state index in [-0.39, 0.29) is 13.0 Å². The highest BCUT2D eigenvalue weighted by molar-refractivity contribution is 7.12. The van der Waals surface area contributed by atoms with Crippen molar-refractivity contribution >= 4 is 29.4 Å². The molecule has 0 saturated carbocycles. The molecule has 0 aromatic carbocycles. The molecule has 0 aliphatic carbocycles. The Bertz CT molecular complexity index is 907. The number of esters is 2. The lowest BCUT2D eigenvalue weighted by atomic mass is 9.97. The first-order valence-electron chi connectivity index (χ1n) is 12.9. The largest absolute Gasteiger partial charge is 0.466 e. The first-order valence-corrected chi connectivity index (χ1v) is 13.7. The molecule has 202 valence electrons. The monoisotopic (exact) mass is 521 g/mol. The fraction of sp³-hybridized carbons (Fsp3) is 0.679. The Labute approximate surface area is 220 Å². The van der Waals surface area contributed by atoms with E-state index in [1.54, 1.807) is 26.8 Å². The van der Waals surface area contributed by atoms with Crippen LogP contribution in [0.3, 0.4) is 0 Å². The molecule has 1 heterocycles. The molecule has 0 fully saturated rings. The van der Waals surface area contributed by atoms with Gasteiger partial charge in [-0.3, -0.25) is 14.5 Å². The molecule has 1 amide bonds. The summed E-state index contributed by atoms with van der Waals surface area (Å²) in [6.07, 6.45) is 9.45. The number of hydrogen-bond donors (Lipinski definition) is 1. The number of carbonyl (C=O) groups is 3. The Morgan fingerprint density at radius 2 is 1.58 bits per heavy atom. The highest BCUT2D eigenvalue weighted by atomic mass is 32.1. The lowest BCUT2D eigenvalue weighted by Gasteiger charge is -2.47. The van der Waals surface area contributed by atoms with Gasteiger partial charge in [0.2, 0.25) is 5.72 Å². The molecule has 36 heavy (non-hydrogen) atoms. The summed E-state index contributed by atoms with van der Waals surface area (Å²) in [5, 5.41) is 10.1. The normalized spacial score (nSPS) is 12.7. The fourth-order valence-electron chi connectivity index (χ4n) is 4.16. The highest BCUT2D eigenvalue weighted by Crippen LogP contribution is 2.42. The molecule has 1 aromatic heterocycles. The predicted octanol–water partition coefficient (Wildman–Crippen LogP) is 7.08. The summed E-state index contributed by atoms with van der Waals surface area (Å²) in [5.74, 6) is 5.25. The molecule has 1 aromatic rings. The summed E-state index contributed by atoms with van der Waals surface area (Å²) >= 11 is 1.29. The van der Waals surface area contributed by atoms with E-state index in [0.717, 1.165) is 22.6 Å². The Morgan fingerprint density at radius 1 is 0.972 bits per heavy atom. The van der Waals surface area contributed by atoms with Crippen molar-refractivity contribution in [1.82, 2.24) is 4.90 Å². The maximum absolute atomic E-state index is 12.4.